The highest BCUT2D eigenvalue weighted by molar-refractivity contribution is 9.10. The lowest BCUT2D eigenvalue weighted by Gasteiger charge is -2.04. The van der Waals surface area contributed by atoms with Gasteiger partial charge in [0.1, 0.15) is 4.60 Å². The average Bonchev–Trinajstić information content (AvgIpc) is 2.77. The van der Waals surface area contributed by atoms with Crippen LogP contribution in [0.5, 0.6) is 0 Å². The minimum atomic E-state index is 0.00946. The molecular formula is C15H13BrN2O. The van der Waals surface area contributed by atoms with Crippen LogP contribution in [-0.2, 0) is 6.61 Å². The van der Waals surface area contributed by atoms with Gasteiger partial charge in [0, 0.05) is 5.39 Å². The van der Waals surface area contributed by atoms with Crippen LogP contribution in [0.3, 0.4) is 0 Å². The van der Waals surface area contributed by atoms with Gasteiger partial charge in [-0.25, -0.2) is 4.68 Å². The molecule has 0 atom stereocenters. The molecule has 0 aliphatic rings. The van der Waals surface area contributed by atoms with E-state index < -0.39 is 0 Å². The SMILES string of the molecule is Cc1ccc(-n2nc(Br)c3c(CO)cccc32)cc1. The summed E-state index contributed by atoms with van der Waals surface area (Å²) in [6, 6.07) is 14.1. The van der Waals surface area contributed by atoms with E-state index in [1.807, 2.05) is 35.0 Å². The zero-order valence-electron chi connectivity index (χ0n) is 10.5. The number of aryl methyl sites for hydroxylation is 1. The van der Waals surface area contributed by atoms with E-state index >= 15 is 0 Å². The number of aliphatic hydroxyl groups excluding tert-OH is 1. The molecule has 1 aromatic heterocycles. The van der Waals surface area contributed by atoms with Gasteiger partial charge in [-0.2, -0.15) is 5.10 Å². The summed E-state index contributed by atoms with van der Waals surface area (Å²) in [7, 11) is 0. The fraction of sp³-hybridized carbons (Fsp3) is 0.133. The van der Waals surface area contributed by atoms with Crippen LogP contribution in [0, 0.1) is 6.92 Å². The second kappa shape index (κ2) is 4.79. The fourth-order valence-corrected chi connectivity index (χ4v) is 2.82. The number of aliphatic hydroxyl groups is 1. The summed E-state index contributed by atoms with van der Waals surface area (Å²) in [5, 5.41) is 14.9. The summed E-state index contributed by atoms with van der Waals surface area (Å²) in [4.78, 5) is 0. The minimum absolute atomic E-state index is 0.00946. The number of hydrogen-bond acceptors (Lipinski definition) is 2. The molecule has 2 aromatic carbocycles. The topological polar surface area (TPSA) is 38.0 Å². The lowest BCUT2D eigenvalue weighted by molar-refractivity contribution is 0.283. The van der Waals surface area contributed by atoms with Crippen LogP contribution in [0.4, 0.5) is 0 Å². The van der Waals surface area contributed by atoms with E-state index in [9.17, 15) is 5.11 Å². The number of rotatable bonds is 2. The highest BCUT2D eigenvalue weighted by Crippen LogP contribution is 2.29. The maximum atomic E-state index is 9.42. The number of halogens is 1. The van der Waals surface area contributed by atoms with E-state index in [1.54, 1.807) is 0 Å². The minimum Gasteiger partial charge on any atom is -0.392 e. The van der Waals surface area contributed by atoms with Crippen LogP contribution in [0.1, 0.15) is 11.1 Å². The molecule has 3 nitrogen and oxygen atoms in total. The van der Waals surface area contributed by atoms with Crippen molar-refractivity contribution in [2.75, 3.05) is 0 Å². The van der Waals surface area contributed by atoms with Crippen molar-refractivity contribution in [3.8, 4) is 5.69 Å². The van der Waals surface area contributed by atoms with Crippen LogP contribution >= 0.6 is 15.9 Å². The molecule has 0 spiro atoms. The molecule has 96 valence electrons. The summed E-state index contributed by atoms with van der Waals surface area (Å²) in [5.74, 6) is 0. The number of aromatic nitrogens is 2. The maximum absolute atomic E-state index is 9.42. The fourth-order valence-electron chi connectivity index (χ4n) is 2.21. The highest BCUT2D eigenvalue weighted by atomic mass is 79.9. The second-order valence-corrected chi connectivity index (χ2v) is 5.26. The summed E-state index contributed by atoms with van der Waals surface area (Å²) in [5.41, 5.74) is 4.09. The largest absolute Gasteiger partial charge is 0.392 e. The Morgan fingerprint density at radius 3 is 2.58 bits per heavy atom. The quantitative estimate of drug-likeness (QED) is 0.784. The number of benzene rings is 2. The van der Waals surface area contributed by atoms with Gasteiger partial charge in [0.05, 0.1) is 17.8 Å². The Morgan fingerprint density at radius 1 is 1.16 bits per heavy atom. The average molecular weight is 317 g/mol. The number of fused-ring (bicyclic) bond motifs is 1. The summed E-state index contributed by atoms with van der Waals surface area (Å²) < 4.78 is 2.64. The van der Waals surface area contributed by atoms with Gasteiger partial charge in [0.15, 0.2) is 0 Å². The molecule has 0 aliphatic heterocycles. The molecule has 0 bridgehead atoms. The van der Waals surface area contributed by atoms with Crippen LogP contribution in [0.25, 0.3) is 16.6 Å². The van der Waals surface area contributed by atoms with Crippen LogP contribution in [0.2, 0.25) is 0 Å². The van der Waals surface area contributed by atoms with Gasteiger partial charge < -0.3 is 5.11 Å². The molecule has 3 rings (SSSR count). The van der Waals surface area contributed by atoms with Crippen molar-refractivity contribution in [2.24, 2.45) is 0 Å². The third kappa shape index (κ3) is 2.07. The molecule has 1 N–H and O–H groups in total. The molecule has 3 aromatic rings. The van der Waals surface area contributed by atoms with Crippen molar-refractivity contribution < 1.29 is 5.11 Å². The Balaban J connectivity index is 2.28. The molecule has 0 fully saturated rings. The van der Waals surface area contributed by atoms with Crippen molar-refractivity contribution in [3.63, 3.8) is 0 Å². The van der Waals surface area contributed by atoms with Gasteiger partial charge >= 0.3 is 0 Å². The molecule has 0 saturated heterocycles. The third-order valence-electron chi connectivity index (χ3n) is 3.20. The standard InChI is InChI=1S/C15H13BrN2O/c1-10-5-7-12(8-6-10)18-13-4-2-3-11(9-19)14(13)15(16)17-18/h2-8,19H,9H2,1H3. The Kier molecular flexibility index (Phi) is 3.12. The van der Waals surface area contributed by atoms with E-state index in [-0.39, 0.29) is 6.61 Å². The first-order chi connectivity index (χ1) is 9.20. The predicted molar refractivity (Wildman–Crippen MR) is 79.4 cm³/mol. The maximum Gasteiger partial charge on any atom is 0.136 e. The third-order valence-corrected chi connectivity index (χ3v) is 3.76. The highest BCUT2D eigenvalue weighted by Gasteiger charge is 2.12. The van der Waals surface area contributed by atoms with E-state index in [0.717, 1.165) is 26.8 Å². The first kappa shape index (κ1) is 12.4. The first-order valence-electron chi connectivity index (χ1n) is 6.04. The molecule has 0 saturated carbocycles. The summed E-state index contributed by atoms with van der Waals surface area (Å²) >= 11 is 3.48. The first-order valence-corrected chi connectivity index (χ1v) is 6.84. The van der Waals surface area contributed by atoms with Gasteiger partial charge in [-0.05, 0) is 46.6 Å². The predicted octanol–water partition coefficient (Wildman–Crippen LogP) is 3.59. The Morgan fingerprint density at radius 2 is 1.89 bits per heavy atom. The normalized spacial score (nSPS) is 11.1. The van der Waals surface area contributed by atoms with Gasteiger partial charge in [0.25, 0.3) is 0 Å². The van der Waals surface area contributed by atoms with Crippen molar-refractivity contribution in [1.29, 1.82) is 0 Å². The molecule has 0 radical (unpaired) electrons. The second-order valence-electron chi connectivity index (χ2n) is 4.51. The zero-order valence-corrected chi connectivity index (χ0v) is 12.1. The van der Waals surface area contributed by atoms with Gasteiger partial charge in [-0.15, -0.1) is 0 Å². The van der Waals surface area contributed by atoms with Gasteiger partial charge in [-0.3, -0.25) is 0 Å². The summed E-state index contributed by atoms with van der Waals surface area (Å²) in [6.45, 7) is 2.07. The monoisotopic (exact) mass is 316 g/mol. The molecule has 0 aliphatic carbocycles. The lowest BCUT2D eigenvalue weighted by Crippen LogP contribution is -1.96. The van der Waals surface area contributed by atoms with Crippen molar-refractivity contribution in [1.82, 2.24) is 9.78 Å². The Hall–Kier alpha value is -1.65. The molecule has 1 heterocycles. The zero-order chi connectivity index (χ0) is 13.4. The van der Waals surface area contributed by atoms with E-state index in [4.69, 9.17) is 0 Å². The van der Waals surface area contributed by atoms with E-state index in [0.29, 0.717) is 0 Å². The van der Waals surface area contributed by atoms with Crippen molar-refractivity contribution in [2.45, 2.75) is 13.5 Å². The van der Waals surface area contributed by atoms with Crippen molar-refractivity contribution >= 4 is 26.8 Å². The van der Waals surface area contributed by atoms with E-state index in [1.165, 1.54) is 5.56 Å². The van der Waals surface area contributed by atoms with Crippen LogP contribution in [0.15, 0.2) is 47.1 Å². The van der Waals surface area contributed by atoms with Crippen LogP contribution < -0.4 is 0 Å². The van der Waals surface area contributed by atoms with Crippen LogP contribution in [-0.4, -0.2) is 14.9 Å². The molecule has 0 unspecified atom stereocenters. The van der Waals surface area contributed by atoms with Gasteiger partial charge in [-0.1, -0.05) is 29.8 Å². The van der Waals surface area contributed by atoms with Crippen molar-refractivity contribution in [3.05, 3.63) is 58.2 Å². The molecule has 0 amide bonds. The Labute approximate surface area is 119 Å². The van der Waals surface area contributed by atoms with Gasteiger partial charge in [0.2, 0.25) is 0 Å². The summed E-state index contributed by atoms with van der Waals surface area (Å²) in [6.07, 6.45) is 0. The Bertz CT molecular complexity index is 732. The molecule has 4 heteroatoms. The molecular weight excluding hydrogens is 304 g/mol. The smallest absolute Gasteiger partial charge is 0.136 e. The lowest BCUT2D eigenvalue weighted by atomic mass is 10.1. The number of nitrogens with zero attached hydrogens (tertiary/aromatic N) is 2. The molecule has 19 heavy (non-hydrogen) atoms. The van der Waals surface area contributed by atoms with E-state index in [2.05, 4.69) is 40.1 Å². The number of hydrogen-bond donors (Lipinski definition) is 1.